The van der Waals surface area contributed by atoms with Gasteiger partial charge in [0.2, 0.25) is 0 Å². The molecule has 1 rings (SSSR count). The molecule has 0 spiro atoms. The van der Waals surface area contributed by atoms with Crippen LogP contribution in [0.15, 0.2) is 34.5 Å². The normalized spacial score (nSPS) is 12.6. The monoisotopic (exact) mass is 251 g/mol. The van der Waals surface area contributed by atoms with Gasteiger partial charge in [-0.05, 0) is 49.9 Å². The first-order valence-corrected chi connectivity index (χ1v) is 6.54. The molecule has 0 saturated carbocycles. The van der Waals surface area contributed by atoms with Crippen molar-refractivity contribution in [3.05, 3.63) is 29.8 Å². The predicted octanol–water partition coefficient (Wildman–Crippen LogP) is 2.49. The van der Waals surface area contributed by atoms with Crippen molar-refractivity contribution in [3.8, 4) is 5.75 Å². The Morgan fingerprint density at radius 2 is 1.94 bits per heavy atom. The summed E-state index contributed by atoms with van der Waals surface area (Å²) < 4.78 is 5.37. The highest BCUT2D eigenvalue weighted by Crippen LogP contribution is 2.12. The summed E-state index contributed by atoms with van der Waals surface area (Å²) >= 11 is 1.37. The topological polar surface area (TPSA) is 60.0 Å². The number of rotatable bonds is 4. The third kappa shape index (κ3) is 4.48. The van der Waals surface area contributed by atoms with Crippen molar-refractivity contribution < 1.29 is 4.74 Å². The first-order chi connectivity index (χ1) is 8.17. The second-order valence-electron chi connectivity index (χ2n) is 3.29. The summed E-state index contributed by atoms with van der Waals surface area (Å²) in [7, 11) is 0. The van der Waals surface area contributed by atoms with Gasteiger partial charge in [0.05, 0.1) is 12.3 Å². The standard InChI is InChI=1S/C12H17N3OS/c1-4-16-11-7-5-10(6-8-11)9(2)14-15-12(13)17-3/h5-8H,4H2,1-3H3,(H2,13,15)/b14-9+. The molecule has 0 heterocycles. The zero-order valence-corrected chi connectivity index (χ0v) is 11.1. The van der Waals surface area contributed by atoms with Crippen LogP contribution in [0.5, 0.6) is 5.75 Å². The maximum Gasteiger partial charge on any atom is 0.180 e. The summed E-state index contributed by atoms with van der Waals surface area (Å²) in [5.74, 6) is 0.858. The van der Waals surface area contributed by atoms with Crippen molar-refractivity contribution in [2.24, 2.45) is 15.9 Å². The van der Waals surface area contributed by atoms with E-state index in [0.29, 0.717) is 11.8 Å². The molecule has 5 heteroatoms. The molecular weight excluding hydrogens is 234 g/mol. The first-order valence-electron chi connectivity index (χ1n) is 5.32. The van der Waals surface area contributed by atoms with E-state index in [1.807, 2.05) is 44.4 Å². The number of nitrogens with two attached hydrogens (primary N) is 1. The summed E-state index contributed by atoms with van der Waals surface area (Å²) in [4.78, 5) is 0. The quantitative estimate of drug-likeness (QED) is 0.508. The average Bonchev–Trinajstić information content (AvgIpc) is 2.36. The number of ether oxygens (including phenoxy) is 1. The maximum atomic E-state index is 5.55. The van der Waals surface area contributed by atoms with E-state index in [9.17, 15) is 0 Å². The van der Waals surface area contributed by atoms with Gasteiger partial charge in [-0.15, -0.1) is 5.10 Å². The molecule has 0 saturated heterocycles. The molecule has 92 valence electrons. The van der Waals surface area contributed by atoms with Gasteiger partial charge >= 0.3 is 0 Å². The van der Waals surface area contributed by atoms with Crippen LogP contribution in [0.1, 0.15) is 19.4 Å². The van der Waals surface area contributed by atoms with Gasteiger partial charge in [-0.1, -0.05) is 11.8 Å². The van der Waals surface area contributed by atoms with Crippen LogP contribution in [0.4, 0.5) is 0 Å². The van der Waals surface area contributed by atoms with Crippen LogP contribution in [0.3, 0.4) is 0 Å². The Bertz CT molecular complexity index is 412. The second-order valence-corrected chi connectivity index (χ2v) is 4.11. The summed E-state index contributed by atoms with van der Waals surface area (Å²) in [6, 6.07) is 7.74. The Balaban J connectivity index is 2.79. The molecule has 0 unspecified atom stereocenters. The zero-order chi connectivity index (χ0) is 12.7. The Hall–Kier alpha value is -1.49. The van der Waals surface area contributed by atoms with Crippen LogP contribution >= 0.6 is 11.8 Å². The van der Waals surface area contributed by atoms with E-state index in [0.717, 1.165) is 17.0 Å². The summed E-state index contributed by atoms with van der Waals surface area (Å²) in [5, 5.41) is 8.40. The number of hydrogen-bond donors (Lipinski definition) is 1. The molecule has 2 N–H and O–H groups in total. The number of hydrogen-bond acceptors (Lipinski definition) is 4. The van der Waals surface area contributed by atoms with Crippen LogP contribution in [-0.4, -0.2) is 23.7 Å². The highest BCUT2D eigenvalue weighted by molar-refractivity contribution is 8.13. The molecule has 1 aromatic carbocycles. The molecule has 17 heavy (non-hydrogen) atoms. The van der Waals surface area contributed by atoms with E-state index in [-0.39, 0.29) is 0 Å². The third-order valence-electron chi connectivity index (χ3n) is 2.09. The average molecular weight is 251 g/mol. The van der Waals surface area contributed by atoms with E-state index in [2.05, 4.69) is 10.2 Å². The summed E-state index contributed by atoms with van der Waals surface area (Å²) in [5.41, 5.74) is 7.38. The molecular formula is C12H17N3OS. The minimum absolute atomic E-state index is 0.454. The Morgan fingerprint density at radius 1 is 1.29 bits per heavy atom. The highest BCUT2D eigenvalue weighted by Gasteiger charge is 1.98. The van der Waals surface area contributed by atoms with Gasteiger partial charge < -0.3 is 10.5 Å². The number of benzene rings is 1. The third-order valence-corrected chi connectivity index (χ3v) is 2.59. The van der Waals surface area contributed by atoms with Gasteiger partial charge in [0.15, 0.2) is 5.17 Å². The van der Waals surface area contributed by atoms with Gasteiger partial charge in [-0.3, -0.25) is 0 Å². The molecule has 0 fully saturated rings. The molecule has 0 aliphatic rings. The number of amidine groups is 1. The Morgan fingerprint density at radius 3 is 2.47 bits per heavy atom. The molecule has 0 aliphatic carbocycles. The second kappa shape index (κ2) is 6.96. The van der Waals surface area contributed by atoms with Crippen molar-refractivity contribution in [3.63, 3.8) is 0 Å². The molecule has 0 amide bonds. The van der Waals surface area contributed by atoms with Crippen LogP contribution in [-0.2, 0) is 0 Å². The smallest absolute Gasteiger partial charge is 0.180 e. The molecule has 0 radical (unpaired) electrons. The predicted molar refractivity (Wildman–Crippen MR) is 75.0 cm³/mol. The van der Waals surface area contributed by atoms with Crippen molar-refractivity contribution in [1.82, 2.24) is 0 Å². The van der Waals surface area contributed by atoms with Gasteiger partial charge in [-0.25, -0.2) is 0 Å². The lowest BCUT2D eigenvalue weighted by atomic mass is 10.1. The highest BCUT2D eigenvalue weighted by atomic mass is 32.2. The SMILES string of the molecule is CCOc1ccc(/C(C)=N/N=C(/N)SC)cc1. The van der Waals surface area contributed by atoms with Crippen LogP contribution in [0.2, 0.25) is 0 Å². The fourth-order valence-electron chi connectivity index (χ4n) is 1.18. The maximum absolute atomic E-state index is 5.55. The van der Waals surface area contributed by atoms with Gasteiger partial charge in [0.25, 0.3) is 0 Å². The van der Waals surface area contributed by atoms with E-state index in [4.69, 9.17) is 10.5 Å². The summed E-state index contributed by atoms with van der Waals surface area (Å²) in [6.45, 7) is 4.52. The lowest BCUT2D eigenvalue weighted by molar-refractivity contribution is 0.340. The lowest BCUT2D eigenvalue weighted by Crippen LogP contribution is -2.05. The largest absolute Gasteiger partial charge is 0.494 e. The molecule has 0 aromatic heterocycles. The fraction of sp³-hybridized carbons (Fsp3) is 0.333. The van der Waals surface area contributed by atoms with Crippen LogP contribution in [0, 0.1) is 0 Å². The lowest BCUT2D eigenvalue weighted by Gasteiger charge is -2.03. The Kier molecular flexibility index (Phi) is 5.56. The van der Waals surface area contributed by atoms with E-state index in [1.165, 1.54) is 11.8 Å². The van der Waals surface area contributed by atoms with E-state index in [1.54, 1.807) is 0 Å². The van der Waals surface area contributed by atoms with Crippen molar-refractivity contribution in [2.45, 2.75) is 13.8 Å². The van der Waals surface area contributed by atoms with Gasteiger partial charge in [0, 0.05) is 0 Å². The van der Waals surface area contributed by atoms with Crippen LogP contribution < -0.4 is 10.5 Å². The van der Waals surface area contributed by atoms with Crippen molar-refractivity contribution in [1.29, 1.82) is 0 Å². The number of thioether (sulfide) groups is 1. The molecule has 0 bridgehead atoms. The molecule has 0 aliphatic heterocycles. The van der Waals surface area contributed by atoms with Crippen molar-refractivity contribution >= 4 is 22.6 Å². The number of nitrogens with zero attached hydrogens (tertiary/aromatic N) is 2. The summed E-state index contributed by atoms with van der Waals surface area (Å²) in [6.07, 6.45) is 1.86. The first kappa shape index (κ1) is 13.6. The van der Waals surface area contributed by atoms with Crippen LogP contribution in [0.25, 0.3) is 0 Å². The van der Waals surface area contributed by atoms with E-state index >= 15 is 0 Å². The molecule has 0 atom stereocenters. The van der Waals surface area contributed by atoms with Gasteiger partial charge in [-0.2, -0.15) is 5.10 Å². The van der Waals surface area contributed by atoms with Crippen molar-refractivity contribution in [2.75, 3.05) is 12.9 Å². The molecule has 1 aromatic rings. The fourth-order valence-corrected chi connectivity index (χ4v) is 1.30. The zero-order valence-electron chi connectivity index (χ0n) is 10.3. The van der Waals surface area contributed by atoms with Gasteiger partial charge in [0.1, 0.15) is 5.75 Å². The minimum atomic E-state index is 0.454. The minimum Gasteiger partial charge on any atom is -0.494 e. The molecule has 4 nitrogen and oxygen atoms in total. The Labute approximate surface area is 106 Å². The van der Waals surface area contributed by atoms with E-state index < -0.39 is 0 Å².